The molecule has 0 aliphatic carbocycles. The lowest BCUT2D eigenvalue weighted by Gasteiger charge is -2.21. The minimum atomic E-state index is 0.527. The van der Waals surface area contributed by atoms with Gasteiger partial charge in [-0.1, -0.05) is 18.2 Å². The minimum Gasteiger partial charge on any atom is -0.439 e. The zero-order valence-electron chi connectivity index (χ0n) is 12.3. The predicted molar refractivity (Wildman–Crippen MR) is 83.9 cm³/mol. The lowest BCUT2D eigenvalue weighted by atomic mass is 10.3. The van der Waals surface area contributed by atoms with Crippen LogP contribution in [0, 0.1) is 0 Å². The summed E-state index contributed by atoms with van der Waals surface area (Å²) in [5.74, 6) is 2.10. The van der Waals surface area contributed by atoms with E-state index in [2.05, 4.69) is 31.8 Å². The maximum atomic E-state index is 5.75. The Balaban J connectivity index is 1.77. The van der Waals surface area contributed by atoms with Crippen molar-refractivity contribution in [2.45, 2.75) is 13.5 Å². The molecule has 6 nitrogen and oxygen atoms in total. The van der Waals surface area contributed by atoms with Crippen LogP contribution in [0.25, 0.3) is 0 Å². The number of hydrogen-bond acceptors (Lipinski definition) is 5. The van der Waals surface area contributed by atoms with Gasteiger partial charge in [-0.2, -0.15) is 0 Å². The SMILES string of the molecule is CCN(Cc1cnc[nH]1)c1cc(Oc2ccccc2)ncn1. The Morgan fingerprint density at radius 3 is 2.77 bits per heavy atom. The highest BCUT2D eigenvalue weighted by Crippen LogP contribution is 2.22. The van der Waals surface area contributed by atoms with Gasteiger partial charge in [-0.15, -0.1) is 0 Å². The van der Waals surface area contributed by atoms with Gasteiger partial charge in [0.1, 0.15) is 17.9 Å². The van der Waals surface area contributed by atoms with E-state index >= 15 is 0 Å². The first-order chi connectivity index (χ1) is 10.8. The number of anilines is 1. The second-order valence-electron chi connectivity index (χ2n) is 4.72. The number of imidazole rings is 1. The van der Waals surface area contributed by atoms with E-state index < -0.39 is 0 Å². The van der Waals surface area contributed by atoms with Crippen LogP contribution in [-0.4, -0.2) is 26.5 Å². The van der Waals surface area contributed by atoms with E-state index in [1.54, 1.807) is 6.33 Å². The molecule has 1 N–H and O–H groups in total. The molecule has 0 spiro atoms. The summed E-state index contributed by atoms with van der Waals surface area (Å²) in [6.07, 6.45) is 5.00. The maximum absolute atomic E-state index is 5.75. The summed E-state index contributed by atoms with van der Waals surface area (Å²) >= 11 is 0. The van der Waals surface area contributed by atoms with Gasteiger partial charge >= 0.3 is 0 Å². The summed E-state index contributed by atoms with van der Waals surface area (Å²) < 4.78 is 5.75. The van der Waals surface area contributed by atoms with Gasteiger partial charge < -0.3 is 14.6 Å². The van der Waals surface area contributed by atoms with Crippen molar-refractivity contribution in [3.8, 4) is 11.6 Å². The van der Waals surface area contributed by atoms with Gasteiger partial charge in [0.15, 0.2) is 0 Å². The van der Waals surface area contributed by atoms with Crippen LogP contribution in [0.15, 0.2) is 55.2 Å². The van der Waals surface area contributed by atoms with E-state index in [0.717, 1.165) is 23.8 Å². The third kappa shape index (κ3) is 3.41. The zero-order valence-corrected chi connectivity index (χ0v) is 12.3. The van der Waals surface area contributed by atoms with Crippen molar-refractivity contribution in [3.63, 3.8) is 0 Å². The van der Waals surface area contributed by atoms with Crippen molar-refractivity contribution >= 4 is 5.82 Å². The molecule has 3 aromatic rings. The second kappa shape index (κ2) is 6.71. The lowest BCUT2D eigenvalue weighted by molar-refractivity contribution is 0.461. The molecule has 6 heteroatoms. The van der Waals surface area contributed by atoms with Crippen LogP contribution < -0.4 is 9.64 Å². The van der Waals surface area contributed by atoms with E-state index in [1.165, 1.54) is 6.33 Å². The number of aromatic amines is 1. The van der Waals surface area contributed by atoms with Crippen molar-refractivity contribution in [1.82, 2.24) is 19.9 Å². The average molecular weight is 295 g/mol. The average Bonchev–Trinajstić information content (AvgIpc) is 3.07. The van der Waals surface area contributed by atoms with E-state index in [4.69, 9.17) is 4.74 Å². The first-order valence-corrected chi connectivity index (χ1v) is 7.12. The largest absolute Gasteiger partial charge is 0.439 e. The molecule has 2 aromatic heterocycles. The van der Waals surface area contributed by atoms with Crippen molar-refractivity contribution in [3.05, 3.63) is 60.9 Å². The van der Waals surface area contributed by atoms with Crippen molar-refractivity contribution < 1.29 is 4.74 Å². The number of H-pyrrole nitrogens is 1. The number of para-hydroxylation sites is 1. The molecule has 0 radical (unpaired) electrons. The Morgan fingerprint density at radius 1 is 1.18 bits per heavy atom. The molecule has 0 fully saturated rings. The van der Waals surface area contributed by atoms with Crippen molar-refractivity contribution in [2.75, 3.05) is 11.4 Å². The summed E-state index contributed by atoms with van der Waals surface area (Å²) in [6.45, 7) is 3.61. The Hall–Kier alpha value is -2.89. The highest BCUT2D eigenvalue weighted by molar-refractivity contribution is 5.42. The molecule has 0 aliphatic heterocycles. The number of rotatable bonds is 6. The predicted octanol–water partition coefficient (Wildman–Crippen LogP) is 3.02. The van der Waals surface area contributed by atoms with Gasteiger partial charge in [-0.05, 0) is 19.1 Å². The number of aromatic nitrogens is 4. The normalized spacial score (nSPS) is 10.4. The maximum Gasteiger partial charge on any atom is 0.224 e. The molecule has 0 saturated heterocycles. The Bertz CT molecular complexity index is 700. The number of benzene rings is 1. The van der Waals surface area contributed by atoms with Gasteiger partial charge in [-0.3, -0.25) is 0 Å². The van der Waals surface area contributed by atoms with Crippen LogP contribution >= 0.6 is 0 Å². The molecule has 22 heavy (non-hydrogen) atoms. The fraction of sp³-hybridized carbons (Fsp3) is 0.188. The first-order valence-electron chi connectivity index (χ1n) is 7.12. The molecule has 0 saturated carbocycles. The van der Waals surface area contributed by atoms with E-state index in [1.807, 2.05) is 42.6 Å². The minimum absolute atomic E-state index is 0.527. The zero-order chi connectivity index (χ0) is 15.2. The molecule has 1 aromatic carbocycles. The lowest BCUT2D eigenvalue weighted by Crippen LogP contribution is -2.23. The summed E-state index contributed by atoms with van der Waals surface area (Å²) in [4.78, 5) is 17.8. The highest BCUT2D eigenvalue weighted by Gasteiger charge is 2.10. The third-order valence-corrected chi connectivity index (χ3v) is 3.21. The van der Waals surface area contributed by atoms with E-state index in [9.17, 15) is 0 Å². The fourth-order valence-electron chi connectivity index (χ4n) is 2.10. The Kier molecular flexibility index (Phi) is 4.29. The van der Waals surface area contributed by atoms with Crippen molar-refractivity contribution in [2.24, 2.45) is 0 Å². The molecule has 0 unspecified atom stereocenters. The Labute approximate surface area is 128 Å². The highest BCUT2D eigenvalue weighted by atomic mass is 16.5. The molecular weight excluding hydrogens is 278 g/mol. The number of nitrogens with one attached hydrogen (secondary N) is 1. The van der Waals surface area contributed by atoms with Gasteiger partial charge in [-0.25, -0.2) is 15.0 Å². The quantitative estimate of drug-likeness (QED) is 0.757. The van der Waals surface area contributed by atoms with Gasteiger partial charge in [0.2, 0.25) is 5.88 Å². The Morgan fingerprint density at radius 2 is 2.05 bits per heavy atom. The molecule has 0 atom stereocenters. The summed E-state index contributed by atoms with van der Waals surface area (Å²) in [5.41, 5.74) is 1.03. The third-order valence-electron chi connectivity index (χ3n) is 3.21. The molecule has 112 valence electrons. The van der Waals surface area contributed by atoms with Crippen LogP contribution in [0.1, 0.15) is 12.6 Å². The molecular formula is C16H17N5O. The first kappa shape index (κ1) is 14.1. The van der Waals surface area contributed by atoms with E-state index in [0.29, 0.717) is 12.4 Å². The summed E-state index contributed by atoms with van der Waals surface area (Å²) in [7, 11) is 0. The standard InChI is InChI=1S/C16H17N5O/c1-2-21(10-13-9-17-11-18-13)15-8-16(20-12-19-15)22-14-6-4-3-5-7-14/h3-9,11-12H,2,10H2,1H3,(H,17,18). The van der Waals surface area contributed by atoms with Crippen LogP contribution in [0.5, 0.6) is 11.6 Å². The van der Waals surface area contributed by atoms with Crippen LogP contribution in [0.2, 0.25) is 0 Å². The molecule has 0 bridgehead atoms. The van der Waals surface area contributed by atoms with Gasteiger partial charge in [0, 0.05) is 18.8 Å². The summed E-state index contributed by atoms with van der Waals surface area (Å²) in [6, 6.07) is 11.4. The molecule has 0 aliphatic rings. The van der Waals surface area contributed by atoms with Crippen LogP contribution in [-0.2, 0) is 6.54 Å². The van der Waals surface area contributed by atoms with Crippen LogP contribution in [0.4, 0.5) is 5.82 Å². The number of nitrogens with zero attached hydrogens (tertiary/aromatic N) is 4. The number of ether oxygens (including phenoxy) is 1. The van der Waals surface area contributed by atoms with Gasteiger partial charge in [0.05, 0.1) is 18.6 Å². The fourth-order valence-corrected chi connectivity index (χ4v) is 2.10. The second-order valence-corrected chi connectivity index (χ2v) is 4.72. The summed E-state index contributed by atoms with van der Waals surface area (Å²) in [5, 5.41) is 0. The molecule has 0 amide bonds. The molecule has 3 rings (SSSR count). The van der Waals surface area contributed by atoms with Gasteiger partial charge in [0.25, 0.3) is 0 Å². The smallest absolute Gasteiger partial charge is 0.224 e. The van der Waals surface area contributed by atoms with E-state index in [-0.39, 0.29) is 0 Å². The topological polar surface area (TPSA) is 66.9 Å². The van der Waals surface area contributed by atoms with Crippen LogP contribution in [0.3, 0.4) is 0 Å². The number of hydrogen-bond donors (Lipinski definition) is 1. The monoisotopic (exact) mass is 295 g/mol. The molecule has 2 heterocycles. The van der Waals surface area contributed by atoms with Crippen molar-refractivity contribution in [1.29, 1.82) is 0 Å².